The lowest BCUT2D eigenvalue weighted by atomic mass is 10.1. The third kappa shape index (κ3) is 20.7. The van der Waals surface area contributed by atoms with Gasteiger partial charge in [0.05, 0.1) is 35.7 Å². The standard InChI is InChI=1S/C29H29NO4S2.C28H28N2O4S2.C5H10OS2.C4H8.CH4O/c1-19(2)14-15-33-26(31)22-10-8-21(9-11-22)25-13-12-24(34-25)16-23-17-29(23)27(32)30(28(35)36-29)18-20-6-4-3-5-7-20;1-29(2)17-18-33-27(32)22-13-11-21(12-14-22)24-16-15-23(34-24)9-6-10-25-26(31)30(28(35)36-25)19-20-7-4-3-5-8-20;6-2-1-4-3-5(4)8-7;1-3-4-2;1-2/h3-13,19,23H,14-18H2,1-2H3;3-5,7-8,10-16H,6,9,17-19H2,1-2H3;4-7H,1-3H2;3-4H,1-2H3;2H,1H3/b;25-10+;;4-3-;. The van der Waals surface area contributed by atoms with Gasteiger partial charge in [0.1, 0.15) is 43.0 Å². The second-order valence-electron chi connectivity index (χ2n) is 21.4. The largest absolute Gasteiger partial charge is 0.462 e. The predicted molar refractivity (Wildman–Crippen MR) is 361 cm³/mol. The zero-order valence-corrected chi connectivity index (χ0v) is 54.9. The lowest BCUT2D eigenvalue weighted by Crippen LogP contribution is -2.32. The van der Waals surface area contributed by atoms with E-state index >= 15 is 0 Å². The number of carbonyl (C=O) groups excluding carboxylic acids is 4. The van der Waals surface area contributed by atoms with E-state index in [1.54, 1.807) is 44.9 Å². The van der Waals surface area contributed by atoms with Crippen molar-refractivity contribution in [2.24, 2.45) is 17.8 Å². The molecule has 2 saturated carbocycles. The molecule has 2 amide bonds. The summed E-state index contributed by atoms with van der Waals surface area (Å²) < 4.78 is 23.5. The number of thiol groups is 1. The molecule has 4 fully saturated rings. The molecule has 4 unspecified atom stereocenters. The molecule has 0 radical (unpaired) electrons. The Bertz CT molecular complexity index is 3200. The minimum atomic E-state index is -0.448. The number of ether oxygens (including phenoxy) is 2. The molecule has 86 heavy (non-hydrogen) atoms. The average molecular weight is 1280 g/mol. The Balaban J connectivity index is 0.000000225. The second-order valence-corrected chi connectivity index (χ2v) is 26.4. The number of likely N-dealkylation sites (N-methyl/N-ethyl adjacent to an activating group) is 1. The number of hydrogen-bond donors (Lipinski definition) is 3. The molecule has 1 spiro atoms. The van der Waals surface area contributed by atoms with Crippen LogP contribution in [0.1, 0.15) is 103 Å². The second kappa shape index (κ2) is 35.3. The molecule has 2 aliphatic heterocycles. The van der Waals surface area contributed by atoms with Crippen molar-refractivity contribution < 1.29 is 47.7 Å². The molecular weight excluding hydrogens is 1200 g/mol. The van der Waals surface area contributed by atoms with Crippen molar-refractivity contribution in [1.29, 1.82) is 0 Å². The summed E-state index contributed by atoms with van der Waals surface area (Å²) in [4.78, 5) is 56.5. The number of aliphatic hydroxyl groups excluding tert-OH is 2. The molecule has 4 aliphatic rings. The SMILES string of the molecule is C/C=C\C.CC(C)CCOC(=O)c1ccc(-c2ccc(CC3CC34SC(=S)N(Cc3ccccc3)C4=O)o2)cc1.CN(C)CCOC(=O)c1ccc(-c2ccc(CC/C=C3/SC(=S)N(Cc4ccccc4)C3=O)o2)cc1.CO.OCCC1CC1SS. The Labute approximate surface area is 535 Å². The zero-order chi connectivity index (χ0) is 62.2. The van der Waals surface area contributed by atoms with Gasteiger partial charge in [-0.3, -0.25) is 19.4 Å². The number of thiocarbonyl (C=S) groups is 2. The molecule has 458 valence electrons. The van der Waals surface area contributed by atoms with E-state index in [1.165, 1.54) is 29.9 Å². The average Bonchev–Trinajstić information content (AvgIpc) is 1.58. The van der Waals surface area contributed by atoms with Crippen molar-refractivity contribution in [2.75, 3.05) is 47.6 Å². The summed E-state index contributed by atoms with van der Waals surface area (Å²) in [5.74, 6) is 4.04. The first-order valence-corrected chi connectivity index (χ1v) is 33.1. The van der Waals surface area contributed by atoms with Crippen LogP contribution in [0.4, 0.5) is 0 Å². The number of aliphatic hydroxyl groups is 2. The van der Waals surface area contributed by atoms with Gasteiger partial charge in [0.15, 0.2) is 0 Å². The van der Waals surface area contributed by atoms with Gasteiger partial charge in [-0.05, 0) is 137 Å². The number of amides is 2. The molecule has 4 heterocycles. The minimum Gasteiger partial charge on any atom is -0.462 e. The zero-order valence-electron chi connectivity index (χ0n) is 49.9. The highest BCUT2D eigenvalue weighted by Crippen LogP contribution is 2.61. The van der Waals surface area contributed by atoms with Gasteiger partial charge in [-0.25, -0.2) is 9.59 Å². The number of aryl methyl sites for hydroxylation is 1. The summed E-state index contributed by atoms with van der Waals surface area (Å²) >= 11 is 17.9. The van der Waals surface area contributed by atoms with E-state index < -0.39 is 4.75 Å². The third-order valence-corrected chi connectivity index (χ3v) is 19.2. The van der Waals surface area contributed by atoms with Crippen molar-refractivity contribution in [2.45, 2.75) is 95.7 Å². The van der Waals surface area contributed by atoms with Gasteiger partial charge in [0.25, 0.3) is 5.91 Å². The number of rotatable bonds is 22. The summed E-state index contributed by atoms with van der Waals surface area (Å²) in [5, 5.41) is 16.2. The fourth-order valence-electron chi connectivity index (χ4n) is 8.97. The van der Waals surface area contributed by atoms with Crippen molar-refractivity contribution in [1.82, 2.24) is 14.7 Å². The van der Waals surface area contributed by atoms with Gasteiger partial charge in [-0.2, -0.15) is 0 Å². The fraction of sp³-hybridized carbons (Fsp3) is 0.373. The minimum absolute atomic E-state index is 0.0469. The number of esters is 2. The highest BCUT2D eigenvalue weighted by Gasteiger charge is 2.66. The fourth-order valence-corrected chi connectivity index (χ4v) is 13.5. The Morgan fingerprint density at radius 2 is 1.30 bits per heavy atom. The Morgan fingerprint density at radius 3 is 1.81 bits per heavy atom. The molecule has 19 heteroatoms. The van der Waals surface area contributed by atoms with Crippen molar-refractivity contribution in [3.05, 3.63) is 190 Å². The van der Waals surface area contributed by atoms with E-state index in [0.29, 0.717) is 89.3 Å². The topological polar surface area (TPSA) is 163 Å². The van der Waals surface area contributed by atoms with Crippen LogP contribution in [0.25, 0.3) is 22.6 Å². The van der Waals surface area contributed by atoms with Crippen LogP contribution in [0.15, 0.2) is 165 Å². The van der Waals surface area contributed by atoms with E-state index in [0.717, 1.165) is 82.8 Å². The summed E-state index contributed by atoms with van der Waals surface area (Å²) in [6.07, 6.45) is 11.9. The van der Waals surface area contributed by atoms with Gasteiger partial charge in [-0.1, -0.05) is 176 Å². The molecule has 4 aromatic carbocycles. The Morgan fingerprint density at radius 1 is 0.767 bits per heavy atom. The Kier molecular flexibility index (Phi) is 28.5. The monoisotopic (exact) mass is 1280 g/mol. The van der Waals surface area contributed by atoms with Crippen LogP contribution in [0.5, 0.6) is 0 Å². The van der Waals surface area contributed by atoms with Gasteiger partial charge in [0.2, 0.25) is 5.91 Å². The molecule has 2 saturated heterocycles. The highest BCUT2D eigenvalue weighted by molar-refractivity contribution is 8.69. The lowest BCUT2D eigenvalue weighted by Gasteiger charge is -2.15. The van der Waals surface area contributed by atoms with Gasteiger partial charge in [-0.15, -0.1) is 11.7 Å². The number of furan rings is 2. The number of thioether (sulfide) groups is 2. The highest BCUT2D eigenvalue weighted by atomic mass is 33.1. The predicted octanol–water partition coefficient (Wildman–Crippen LogP) is 14.6. The van der Waals surface area contributed by atoms with Crippen LogP contribution in [0, 0.1) is 17.8 Å². The van der Waals surface area contributed by atoms with Crippen molar-refractivity contribution in [3.63, 3.8) is 0 Å². The summed E-state index contributed by atoms with van der Waals surface area (Å²) in [6.45, 7) is 11.0. The number of hydrogen-bond acceptors (Lipinski definition) is 17. The van der Waals surface area contributed by atoms with Crippen LogP contribution < -0.4 is 0 Å². The molecule has 2 aliphatic carbocycles. The van der Waals surface area contributed by atoms with Crippen LogP contribution >= 0.6 is 70.4 Å². The van der Waals surface area contributed by atoms with E-state index in [1.807, 2.05) is 160 Å². The molecule has 4 atom stereocenters. The molecule has 2 N–H and O–H groups in total. The van der Waals surface area contributed by atoms with Crippen LogP contribution in [0.2, 0.25) is 0 Å². The van der Waals surface area contributed by atoms with Crippen LogP contribution in [-0.2, 0) is 45.0 Å². The first-order chi connectivity index (χ1) is 41.5. The van der Waals surface area contributed by atoms with Gasteiger partial charge >= 0.3 is 11.9 Å². The maximum absolute atomic E-state index is 13.3. The molecule has 2 aromatic heterocycles. The molecular formula is C67H79N3O10S6. The maximum Gasteiger partial charge on any atom is 0.338 e. The van der Waals surface area contributed by atoms with Gasteiger partial charge in [0, 0.05) is 49.5 Å². The molecule has 6 aromatic rings. The summed E-state index contributed by atoms with van der Waals surface area (Å²) in [6, 6.07) is 42.0. The van der Waals surface area contributed by atoms with Crippen molar-refractivity contribution >= 4 is 103 Å². The number of nitrogens with zero attached hydrogens (tertiary/aromatic N) is 3. The van der Waals surface area contributed by atoms with Crippen LogP contribution in [-0.4, -0.2) is 115 Å². The smallest absolute Gasteiger partial charge is 0.338 e. The summed E-state index contributed by atoms with van der Waals surface area (Å²) in [5.41, 5.74) is 4.94. The molecule has 0 bridgehead atoms. The molecule has 10 rings (SSSR count). The number of allylic oxidation sites excluding steroid dienone is 3. The van der Waals surface area contributed by atoms with Crippen LogP contribution in [0.3, 0.4) is 0 Å². The first-order valence-electron chi connectivity index (χ1n) is 28.7. The van der Waals surface area contributed by atoms with Gasteiger partial charge < -0.3 is 33.4 Å². The lowest BCUT2D eigenvalue weighted by molar-refractivity contribution is -0.127. The van der Waals surface area contributed by atoms with E-state index in [4.69, 9.17) is 53.0 Å². The molecule has 13 nitrogen and oxygen atoms in total. The maximum atomic E-state index is 13.3. The summed E-state index contributed by atoms with van der Waals surface area (Å²) in [7, 11) is 6.48. The quantitative estimate of drug-likeness (QED) is 0.0147. The first kappa shape index (κ1) is 69.4. The van der Waals surface area contributed by atoms with Crippen molar-refractivity contribution in [3.8, 4) is 22.6 Å². The number of benzene rings is 4. The third-order valence-electron chi connectivity index (χ3n) is 14.2. The number of carbonyl (C=O) groups is 4. The van der Waals surface area contributed by atoms with E-state index in [9.17, 15) is 19.2 Å². The Hall–Kier alpha value is -5.74. The van der Waals surface area contributed by atoms with E-state index in [-0.39, 0.29) is 29.7 Å². The normalized spacial score (nSPS) is 18.7. The van der Waals surface area contributed by atoms with E-state index in [2.05, 4.69) is 25.5 Å².